The number of anilines is 1. The molecule has 1 atom stereocenters. The number of fused-ring (bicyclic) bond motifs is 1. The van der Waals surface area contributed by atoms with E-state index in [4.69, 9.17) is 4.74 Å². The second-order valence-corrected chi connectivity index (χ2v) is 12.2. The van der Waals surface area contributed by atoms with Gasteiger partial charge >= 0.3 is 0 Å². The molecule has 182 valence electrons. The van der Waals surface area contributed by atoms with E-state index in [2.05, 4.69) is 10.1 Å². The summed E-state index contributed by atoms with van der Waals surface area (Å²) in [5.74, 6) is 0.649. The number of benzene rings is 1. The van der Waals surface area contributed by atoms with E-state index < -0.39 is 14.6 Å². The smallest absolute Gasteiger partial charge is 0.234 e. The van der Waals surface area contributed by atoms with E-state index in [1.54, 1.807) is 59.4 Å². The monoisotopic (exact) mass is 493 g/mol. The van der Waals surface area contributed by atoms with Crippen LogP contribution in [0.3, 0.4) is 0 Å². The predicted octanol–water partition coefficient (Wildman–Crippen LogP) is 3.62. The van der Waals surface area contributed by atoms with E-state index in [1.807, 2.05) is 30.3 Å². The maximum absolute atomic E-state index is 13.2. The normalized spacial score (nSPS) is 16.9. The van der Waals surface area contributed by atoms with Crippen LogP contribution in [-0.4, -0.2) is 51.9 Å². The zero-order chi connectivity index (χ0) is 25.0. The van der Waals surface area contributed by atoms with Crippen molar-refractivity contribution in [3.05, 3.63) is 66.7 Å². The van der Waals surface area contributed by atoms with Crippen LogP contribution < -0.4 is 9.64 Å². The van der Waals surface area contributed by atoms with E-state index in [0.717, 1.165) is 12.0 Å². The molecule has 1 aliphatic rings. The quantitative estimate of drug-likeness (QED) is 0.421. The summed E-state index contributed by atoms with van der Waals surface area (Å²) in [5.41, 5.74) is 2.21. The van der Waals surface area contributed by atoms with Crippen LogP contribution in [-0.2, 0) is 14.6 Å². The molecule has 4 heterocycles. The number of hydrogen-bond acceptors (Lipinski definition) is 6. The number of pyridine rings is 1. The van der Waals surface area contributed by atoms with Crippen molar-refractivity contribution in [3.63, 3.8) is 0 Å². The first-order valence-electron chi connectivity index (χ1n) is 11.3. The Bertz CT molecular complexity index is 1520. The lowest BCUT2D eigenvalue weighted by atomic mass is 9.98. The van der Waals surface area contributed by atoms with Gasteiger partial charge in [-0.05, 0) is 32.8 Å². The van der Waals surface area contributed by atoms with Crippen LogP contribution in [0.25, 0.3) is 11.5 Å². The minimum absolute atomic E-state index is 0.0391. The Morgan fingerprint density at radius 3 is 2.51 bits per heavy atom. The Hall–Kier alpha value is -3.66. The zero-order valence-corrected chi connectivity index (χ0v) is 20.9. The molecule has 9 nitrogen and oxygen atoms in total. The summed E-state index contributed by atoms with van der Waals surface area (Å²) in [6, 6.07) is 11.4. The molecular weight excluding hydrogens is 466 g/mol. The molecule has 10 heteroatoms. The number of imidazole rings is 1. The molecule has 1 amide bonds. The molecule has 3 aromatic heterocycles. The number of aromatic nitrogens is 4. The number of ether oxygens (including phenoxy) is 1. The van der Waals surface area contributed by atoms with Crippen LogP contribution in [0.15, 0.2) is 66.1 Å². The van der Waals surface area contributed by atoms with Gasteiger partial charge < -0.3 is 9.64 Å². The van der Waals surface area contributed by atoms with Gasteiger partial charge in [0.1, 0.15) is 16.3 Å². The van der Waals surface area contributed by atoms with E-state index >= 15 is 0 Å². The molecule has 0 N–H and O–H groups in total. The third kappa shape index (κ3) is 3.78. The van der Waals surface area contributed by atoms with Crippen molar-refractivity contribution < 1.29 is 17.9 Å². The Morgan fingerprint density at radius 1 is 1.09 bits per heavy atom. The van der Waals surface area contributed by atoms with Gasteiger partial charge in [0, 0.05) is 18.8 Å². The topological polar surface area (TPSA) is 98.8 Å². The Balaban J connectivity index is 1.52. The summed E-state index contributed by atoms with van der Waals surface area (Å²) in [6.07, 6.45) is 7.26. The fourth-order valence-electron chi connectivity index (χ4n) is 4.34. The van der Waals surface area contributed by atoms with Crippen molar-refractivity contribution in [2.75, 3.05) is 18.6 Å². The first-order valence-corrected chi connectivity index (χ1v) is 12.8. The van der Waals surface area contributed by atoms with Crippen LogP contribution in [0.1, 0.15) is 38.7 Å². The molecule has 0 radical (unpaired) electrons. The lowest BCUT2D eigenvalue weighted by Crippen LogP contribution is -2.28. The van der Waals surface area contributed by atoms with Gasteiger partial charge in [-0.3, -0.25) is 9.20 Å². The molecule has 35 heavy (non-hydrogen) atoms. The highest BCUT2D eigenvalue weighted by Gasteiger charge is 2.35. The standard InChI is InChI=1S/C25H27N5O4S/c1-25(2,3)35(32,33)21-16-29-22(12-20(21)34-4)26-14-23(29)30-15-18(13-27-30)28-11-10-19(24(28)31)17-8-6-5-7-9-17/h5-9,12-16,19H,10-11H2,1-4H3. The van der Waals surface area contributed by atoms with Crippen LogP contribution in [0.5, 0.6) is 5.75 Å². The number of methoxy groups -OCH3 is 1. The lowest BCUT2D eigenvalue weighted by molar-refractivity contribution is -0.118. The molecule has 1 fully saturated rings. The Kier molecular flexibility index (Phi) is 5.43. The molecular formula is C25H27N5O4S. The summed E-state index contributed by atoms with van der Waals surface area (Å²) in [5, 5.41) is 4.45. The first kappa shape index (κ1) is 23.1. The molecule has 5 rings (SSSR count). The minimum atomic E-state index is -3.69. The number of amides is 1. The summed E-state index contributed by atoms with van der Waals surface area (Å²) >= 11 is 0. The second kappa shape index (κ2) is 8.23. The third-order valence-electron chi connectivity index (χ3n) is 6.39. The van der Waals surface area contributed by atoms with Crippen molar-refractivity contribution >= 4 is 27.1 Å². The summed E-state index contributed by atoms with van der Waals surface area (Å²) in [7, 11) is -2.25. The van der Waals surface area contributed by atoms with Crippen molar-refractivity contribution in [2.24, 2.45) is 0 Å². The molecule has 0 bridgehead atoms. The van der Waals surface area contributed by atoms with Gasteiger partial charge in [0.25, 0.3) is 0 Å². The minimum Gasteiger partial charge on any atom is -0.495 e. The maximum atomic E-state index is 13.2. The van der Waals surface area contributed by atoms with E-state index in [9.17, 15) is 13.2 Å². The van der Waals surface area contributed by atoms with Crippen LogP contribution in [0.4, 0.5) is 5.69 Å². The maximum Gasteiger partial charge on any atom is 0.234 e. The van der Waals surface area contributed by atoms with Crippen molar-refractivity contribution in [2.45, 2.75) is 42.8 Å². The molecule has 0 aliphatic carbocycles. The largest absolute Gasteiger partial charge is 0.495 e. The van der Waals surface area contributed by atoms with Gasteiger partial charge in [-0.2, -0.15) is 5.10 Å². The van der Waals surface area contributed by atoms with Crippen LogP contribution in [0, 0.1) is 0 Å². The van der Waals surface area contributed by atoms with E-state index in [-0.39, 0.29) is 22.5 Å². The summed E-state index contributed by atoms with van der Waals surface area (Å²) < 4.78 is 34.1. The summed E-state index contributed by atoms with van der Waals surface area (Å²) in [6.45, 7) is 5.55. The molecule has 0 spiro atoms. The van der Waals surface area contributed by atoms with Gasteiger partial charge in [-0.1, -0.05) is 30.3 Å². The highest BCUT2D eigenvalue weighted by molar-refractivity contribution is 7.92. The lowest BCUT2D eigenvalue weighted by Gasteiger charge is -2.21. The van der Waals surface area contributed by atoms with Gasteiger partial charge in [-0.15, -0.1) is 0 Å². The fourth-order valence-corrected chi connectivity index (χ4v) is 5.65. The van der Waals surface area contributed by atoms with Gasteiger partial charge in [0.2, 0.25) is 5.91 Å². The number of carbonyl (C=O) groups excluding carboxylic acids is 1. The molecule has 1 unspecified atom stereocenters. The van der Waals surface area contributed by atoms with Crippen LogP contribution >= 0.6 is 0 Å². The Labute approximate surface area is 203 Å². The molecule has 0 saturated carbocycles. The third-order valence-corrected chi connectivity index (χ3v) is 8.89. The molecule has 1 aliphatic heterocycles. The molecule has 1 saturated heterocycles. The highest BCUT2D eigenvalue weighted by atomic mass is 32.2. The SMILES string of the molecule is COc1cc2ncc(-n3cc(N4CCC(c5ccccc5)C4=O)cn3)n2cc1S(=O)(=O)C(C)(C)C. The Morgan fingerprint density at radius 2 is 1.83 bits per heavy atom. The average molecular weight is 494 g/mol. The highest BCUT2D eigenvalue weighted by Crippen LogP contribution is 2.34. The van der Waals surface area contributed by atoms with Crippen molar-refractivity contribution in [3.8, 4) is 11.6 Å². The van der Waals surface area contributed by atoms with Crippen molar-refractivity contribution in [1.29, 1.82) is 0 Å². The first-order chi connectivity index (χ1) is 16.6. The van der Waals surface area contributed by atoms with Gasteiger partial charge in [0.15, 0.2) is 15.7 Å². The summed E-state index contributed by atoms with van der Waals surface area (Å²) in [4.78, 5) is 19.3. The van der Waals surface area contributed by atoms with E-state index in [0.29, 0.717) is 23.7 Å². The predicted molar refractivity (Wildman–Crippen MR) is 132 cm³/mol. The van der Waals surface area contributed by atoms with Crippen LogP contribution in [0.2, 0.25) is 0 Å². The number of sulfone groups is 1. The van der Waals surface area contributed by atoms with Crippen molar-refractivity contribution in [1.82, 2.24) is 19.2 Å². The molecule has 4 aromatic rings. The number of hydrogen-bond donors (Lipinski definition) is 0. The number of nitrogens with zero attached hydrogens (tertiary/aromatic N) is 5. The molecule has 1 aromatic carbocycles. The van der Waals surface area contributed by atoms with E-state index in [1.165, 1.54) is 13.3 Å². The fraction of sp³-hybridized carbons (Fsp3) is 0.320. The number of carbonyl (C=O) groups is 1. The number of rotatable bonds is 5. The second-order valence-electron chi connectivity index (χ2n) is 9.55. The zero-order valence-electron chi connectivity index (χ0n) is 20.0. The van der Waals surface area contributed by atoms with Gasteiger partial charge in [-0.25, -0.2) is 18.1 Å². The average Bonchev–Trinajstić information content (AvgIpc) is 3.55. The van der Waals surface area contributed by atoms with Gasteiger partial charge in [0.05, 0.1) is 42.1 Å².